The first kappa shape index (κ1) is 29.6. The van der Waals surface area contributed by atoms with E-state index in [9.17, 15) is 31.2 Å². The van der Waals surface area contributed by atoms with Crippen molar-refractivity contribution in [3.63, 3.8) is 0 Å². The van der Waals surface area contributed by atoms with Gasteiger partial charge in [0.25, 0.3) is 21.5 Å². The molecule has 0 radical (unpaired) electrons. The van der Waals surface area contributed by atoms with Crippen LogP contribution in [0.15, 0.2) is 119 Å². The highest BCUT2D eigenvalue weighted by Gasteiger charge is 2.23. The molecular formula is C33H23F3N4O4S. The van der Waals surface area contributed by atoms with E-state index in [1.165, 1.54) is 53.4 Å². The van der Waals surface area contributed by atoms with Crippen LogP contribution in [0.4, 0.5) is 13.2 Å². The quantitative estimate of drug-likeness (QED) is 0.240. The molecule has 0 aliphatic heterocycles. The highest BCUT2D eigenvalue weighted by atomic mass is 32.2. The van der Waals surface area contributed by atoms with Gasteiger partial charge in [0, 0.05) is 29.9 Å². The van der Waals surface area contributed by atoms with Crippen molar-refractivity contribution in [3.8, 4) is 11.1 Å². The minimum absolute atomic E-state index is 0.0117. The number of nitrogens with one attached hydrogen (secondary N) is 1. The number of rotatable bonds is 8. The molecule has 3 aromatic carbocycles. The second-order valence-corrected chi connectivity index (χ2v) is 12.0. The van der Waals surface area contributed by atoms with Crippen molar-refractivity contribution in [1.29, 1.82) is 0 Å². The first-order valence-corrected chi connectivity index (χ1v) is 15.0. The number of amides is 1. The van der Waals surface area contributed by atoms with Crippen LogP contribution in [0.2, 0.25) is 0 Å². The molecule has 0 atom stereocenters. The number of carbonyl (C=O) groups excluding carboxylic acids is 1. The second-order valence-electron chi connectivity index (χ2n) is 10.2. The van der Waals surface area contributed by atoms with Crippen LogP contribution in [0.25, 0.3) is 22.2 Å². The van der Waals surface area contributed by atoms with E-state index in [4.69, 9.17) is 0 Å². The van der Waals surface area contributed by atoms with Gasteiger partial charge < -0.3 is 9.88 Å². The van der Waals surface area contributed by atoms with E-state index in [0.29, 0.717) is 22.3 Å². The molecule has 0 saturated carbocycles. The fraction of sp³-hybridized carbons (Fsp3) is 0.0606. The third kappa shape index (κ3) is 5.87. The predicted octanol–water partition coefficient (Wildman–Crippen LogP) is 5.50. The van der Waals surface area contributed by atoms with Gasteiger partial charge in [-0.1, -0.05) is 42.5 Å². The number of nitrogens with zero attached hydrogens (tertiary/aromatic N) is 3. The van der Waals surface area contributed by atoms with Gasteiger partial charge in [-0.25, -0.2) is 30.5 Å². The zero-order valence-corrected chi connectivity index (χ0v) is 24.1. The number of benzene rings is 3. The Hall–Kier alpha value is -5.49. The minimum Gasteiger partial charge on any atom is -0.348 e. The van der Waals surface area contributed by atoms with Crippen LogP contribution >= 0.6 is 0 Å². The Labute approximate surface area is 255 Å². The molecule has 45 heavy (non-hydrogen) atoms. The monoisotopic (exact) mass is 628 g/mol. The van der Waals surface area contributed by atoms with Gasteiger partial charge in [0.05, 0.1) is 17.6 Å². The molecule has 0 bridgehead atoms. The topological polar surface area (TPSA) is 103 Å². The molecule has 0 saturated heterocycles. The van der Waals surface area contributed by atoms with Crippen LogP contribution in [0, 0.1) is 17.5 Å². The molecule has 0 unspecified atom stereocenters. The standard InChI is InChI=1S/C33H23F3N4O4S/c34-24-16-27-28(20-40(31(27)37-18-24)45(43,44)25-8-2-1-3-9-25)23-7-4-6-21(14-23)17-38-32(41)26-10-5-13-39(33(26)42)19-22-11-12-29(35)30(36)15-22/h1-16,18,20H,17,19H2,(H,38,41). The molecule has 0 fully saturated rings. The number of pyridine rings is 2. The van der Waals surface area contributed by atoms with Crippen LogP contribution in [-0.4, -0.2) is 27.8 Å². The minimum atomic E-state index is -4.05. The summed E-state index contributed by atoms with van der Waals surface area (Å²) in [6.45, 7) is -0.0556. The lowest BCUT2D eigenvalue weighted by atomic mass is 10.0. The van der Waals surface area contributed by atoms with Gasteiger partial charge >= 0.3 is 0 Å². The number of aromatic nitrogens is 3. The van der Waals surface area contributed by atoms with E-state index in [0.717, 1.165) is 22.3 Å². The second kappa shape index (κ2) is 11.9. The van der Waals surface area contributed by atoms with Crippen molar-refractivity contribution >= 4 is 27.0 Å². The summed E-state index contributed by atoms with van der Waals surface area (Å²) < 4.78 is 70.4. The van der Waals surface area contributed by atoms with E-state index < -0.39 is 38.9 Å². The summed E-state index contributed by atoms with van der Waals surface area (Å²) in [5.74, 6) is -3.34. The van der Waals surface area contributed by atoms with Crippen LogP contribution in [0.1, 0.15) is 21.5 Å². The summed E-state index contributed by atoms with van der Waals surface area (Å²) >= 11 is 0. The first-order chi connectivity index (χ1) is 21.6. The summed E-state index contributed by atoms with van der Waals surface area (Å²) in [5.41, 5.74) is 1.22. The van der Waals surface area contributed by atoms with Gasteiger partial charge in [0.15, 0.2) is 17.3 Å². The number of carbonyl (C=O) groups is 1. The molecule has 226 valence electrons. The molecule has 3 aromatic heterocycles. The van der Waals surface area contributed by atoms with Crippen molar-refractivity contribution in [2.24, 2.45) is 0 Å². The Morgan fingerprint density at radius 3 is 2.42 bits per heavy atom. The maximum Gasteiger partial charge on any atom is 0.269 e. The predicted molar refractivity (Wildman–Crippen MR) is 161 cm³/mol. The average Bonchev–Trinajstić information content (AvgIpc) is 3.43. The molecule has 8 nitrogen and oxygen atoms in total. The average molecular weight is 629 g/mol. The Balaban J connectivity index is 1.26. The summed E-state index contributed by atoms with van der Waals surface area (Å²) in [5, 5.41) is 2.98. The van der Waals surface area contributed by atoms with Crippen LogP contribution in [0.5, 0.6) is 0 Å². The molecule has 0 aliphatic rings. The van der Waals surface area contributed by atoms with Crippen molar-refractivity contribution in [1.82, 2.24) is 18.8 Å². The fourth-order valence-electron chi connectivity index (χ4n) is 4.97. The van der Waals surface area contributed by atoms with E-state index >= 15 is 0 Å². The summed E-state index contributed by atoms with van der Waals surface area (Å²) in [6.07, 6.45) is 3.77. The molecule has 12 heteroatoms. The van der Waals surface area contributed by atoms with Crippen molar-refractivity contribution in [2.45, 2.75) is 18.0 Å². The summed E-state index contributed by atoms with van der Waals surface area (Å²) in [4.78, 5) is 30.1. The molecule has 0 spiro atoms. The number of fused-ring (bicyclic) bond motifs is 1. The first-order valence-electron chi connectivity index (χ1n) is 13.6. The van der Waals surface area contributed by atoms with Gasteiger partial charge in [-0.05, 0) is 65.2 Å². The summed E-state index contributed by atoms with van der Waals surface area (Å²) in [6, 6.07) is 22.1. The van der Waals surface area contributed by atoms with Gasteiger partial charge in [-0.3, -0.25) is 9.59 Å². The highest BCUT2D eigenvalue weighted by molar-refractivity contribution is 7.90. The van der Waals surface area contributed by atoms with Gasteiger partial charge in [-0.2, -0.15) is 0 Å². The van der Waals surface area contributed by atoms with Gasteiger partial charge in [-0.15, -0.1) is 0 Å². The highest BCUT2D eigenvalue weighted by Crippen LogP contribution is 2.33. The molecular weight excluding hydrogens is 605 g/mol. The number of hydrogen-bond donors (Lipinski definition) is 1. The smallest absolute Gasteiger partial charge is 0.269 e. The molecule has 6 rings (SSSR count). The number of hydrogen-bond acceptors (Lipinski definition) is 5. The normalized spacial score (nSPS) is 11.5. The lowest BCUT2D eigenvalue weighted by molar-refractivity contribution is 0.0948. The molecule has 3 heterocycles. The van der Waals surface area contributed by atoms with Crippen molar-refractivity contribution in [2.75, 3.05) is 0 Å². The maximum atomic E-state index is 14.3. The van der Waals surface area contributed by atoms with Crippen molar-refractivity contribution < 1.29 is 26.4 Å². The van der Waals surface area contributed by atoms with Gasteiger partial charge in [0.1, 0.15) is 11.4 Å². The van der Waals surface area contributed by atoms with Crippen molar-refractivity contribution in [3.05, 3.63) is 154 Å². The Morgan fingerprint density at radius 2 is 1.64 bits per heavy atom. The molecule has 1 N–H and O–H groups in total. The van der Waals surface area contributed by atoms with E-state index in [2.05, 4.69) is 10.3 Å². The number of halogens is 3. The third-order valence-electron chi connectivity index (χ3n) is 7.17. The lowest BCUT2D eigenvalue weighted by Gasteiger charge is -2.10. The van der Waals surface area contributed by atoms with E-state index in [1.807, 2.05) is 0 Å². The Bertz CT molecular complexity index is 2250. The van der Waals surface area contributed by atoms with Gasteiger partial charge in [0.2, 0.25) is 0 Å². The molecule has 6 aromatic rings. The van der Waals surface area contributed by atoms with Crippen LogP contribution < -0.4 is 10.9 Å². The SMILES string of the molecule is O=C(NCc1cccc(-c2cn(S(=O)(=O)c3ccccc3)c3ncc(F)cc23)c1)c1cccn(Cc2ccc(F)c(F)c2)c1=O. The fourth-order valence-corrected chi connectivity index (χ4v) is 6.31. The van der Waals surface area contributed by atoms with E-state index in [1.54, 1.807) is 42.5 Å². The molecule has 1 amide bonds. The Kier molecular flexibility index (Phi) is 7.81. The zero-order chi connectivity index (χ0) is 31.7. The van der Waals surface area contributed by atoms with E-state index in [-0.39, 0.29) is 34.6 Å². The van der Waals surface area contributed by atoms with Crippen LogP contribution in [-0.2, 0) is 23.1 Å². The molecule has 0 aliphatic carbocycles. The largest absolute Gasteiger partial charge is 0.348 e. The summed E-state index contributed by atoms with van der Waals surface area (Å²) in [7, 11) is -4.05. The van der Waals surface area contributed by atoms with Crippen LogP contribution in [0.3, 0.4) is 0 Å². The maximum absolute atomic E-state index is 14.3. The lowest BCUT2D eigenvalue weighted by Crippen LogP contribution is -2.32. The third-order valence-corrected chi connectivity index (χ3v) is 8.84. The Morgan fingerprint density at radius 1 is 0.844 bits per heavy atom. The zero-order valence-electron chi connectivity index (χ0n) is 23.3.